The van der Waals surface area contributed by atoms with Gasteiger partial charge in [-0.05, 0) is 25.1 Å². The lowest BCUT2D eigenvalue weighted by atomic mass is 10.1. The fraction of sp³-hybridized carbons (Fsp3) is 0.200. The molecule has 0 fully saturated rings. The average Bonchev–Trinajstić information content (AvgIpc) is 2.96. The van der Waals surface area contributed by atoms with E-state index in [1.165, 1.54) is 42.2 Å². The van der Waals surface area contributed by atoms with Crippen LogP contribution >= 0.6 is 11.6 Å². The van der Waals surface area contributed by atoms with Gasteiger partial charge in [-0.15, -0.1) is 0 Å². The Balaban J connectivity index is 2.12. The fourth-order valence-corrected chi connectivity index (χ4v) is 2.07. The smallest absolute Gasteiger partial charge is 0.258 e. The molecule has 2 N–H and O–H groups in total. The van der Waals surface area contributed by atoms with E-state index < -0.39 is 11.5 Å². The summed E-state index contributed by atoms with van der Waals surface area (Å²) in [4.78, 5) is 12.2. The molecule has 1 atom stereocenters. The van der Waals surface area contributed by atoms with E-state index >= 15 is 0 Å². The van der Waals surface area contributed by atoms with Crippen molar-refractivity contribution in [1.82, 2.24) is 9.78 Å². The van der Waals surface area contributed by atoms with Crippen LogP contribution in [0.15, 0.2) is 30.6 Å². The number of carbonyl (C=O) groups is 1. The number of amides is 1. The molecule has 0 spiro atoms. The minimum Gasteiger partial charge on any atom is -0.378 e. The number of hydrogen-bond donors (Lipinski definition) is 2. The maximum Gasteiger partial charge on any atom is 0.258 e. The van der Waals surface area contributed by atoms with Crippen molar-refractivity contribution < 1.29 is 9.90 Å². The van der Waals surface area contributed by atoms with Gasteiger partial charge in [0.05, 0.1) is 40.6 Å². The second-order valence-corrected chi connectivity index (χ2v) is 5.48. The number of carbonyl (C=O) groups excluding carboxylic acids is 1. The first-order valence-corrected chi connectivity index (χ1v) is 6.89. The van der Waals surface area contributed by atoms with Gasteiger partial charge in [-0.2, -0.15) is 15.6 Å². The molecule has 116 valence electrons. The highest BCUT2D eigenvalue weighted by atomic mass is 35.5. The lowest BCUT2D eigenvalue weighted by Gasteiger charge is -2.22. The van der Waals surface area contributed by atoms with E-state index in [4.69, 9.17) is 22.1 Å². The highest BCUT2D eigenvalue weighted by molar-refractivity contribution is 6.33. The predicted molar refractivity (Wildman–Crippen MR) is 82.4 cm³/mol. The Morgan fingerprint density at radius 2 is 2.13 bits per heavy atom. The summed E-state index contributed by atoms with van der Waals surface area (Å²) in [5.41, 5.74) is -0.790. The van der Waals surface area contributed by atoms with E-state index in [0.29, 0.717) is 11.1 Å². The molecule has 1 aromatic carbocycles. The fourth-order valence-electron chi connectivity index (χ4n) is 1.84. The van der Waals surface area contributed by atoms with E-state index in [1.54, 1.807) is 0 Å². The van der Waals surface area contributed by atoms with Crippen LogP contribution in [0.1, 0.15) is 18.1 Å². The Kier molecular flexibility index (Phi) is 4.65. The van der Waals surface area contributed by atoms with E-state index in [1.807, 2.05) is 12.1 Å². The Morgan fingerprint density at radius 1 is 1.43 bits per heavy atom. The van der Waals surface area contributed by atoms with Crippen molar-refractivity contribution in [3.8, 4) is 12.1 Å². The molecule has 1 heterocycles. The van der Waals surface area contributed by atoms with Crippen LogP contribution in [-0.4, -0.2) is 26.4 Å². The van der Waals surface area contributed by atoms with Crippen molar-refractivity contribution in [3.05, 3.63) is 46.7 Å². The molecule has 2 aromatic rings. The maximum absolute atomic E-state index is 12.2. The Morgan fingerprint density at radius 3 is 2.70 bits per heavy atom. The minimum absolute atomic E-state index is 0.131. The van der Waals surface area contributed by atoms with Crippen LogP contribution in [0.3, 0.4) is 0 Å². The molecule has 0 aliphatic carbocycles. The summed E-state index contributed by atoms with van der Waals surface area (Å²) in [6, 6.07) is 8.25. The molecule has 23 heavy (non-hydrogen) atoms. The largest absolute Gasteiger partial charge is 0.378 e. The number of rotatable bonds is 4. The summed E-state index contributed by atoms with van der Waals surface area (Å²) < 4.78 is 1.30. The Hall–Kier alpha value is -2.87. The van der Waals surface area contributed by atoms with Crippen molar-refractivity contribution in [1.29, 1.82) is 10.5 Å². The normalized spacial score (nSPS) is 12.7. The van der Waals surface area contributed by atoms with Gasteiger partial charge in [0.25, 0.3) is 5.91 Å². The van der Waals surface area contributed by atoms with Crippen LogP contribution in [0.25, 0.3) is 0 Å². The summed E-state index contributed by atoms with van der Waals surface area (Å²) in [5.74, 6) is -0.682. The number of nitrogens with one attached hydrogen (secondary N) is 1. The number of halogens is 1. The number of hydrogen-bond acceptors (Lipinski definition) is 5. The number of anilines is 1. The van der Waals surface area contributed by atoms with Gasteiger partial charge in [-0.3, -0.25) is 9.48 Å². The Bertz CT molecular complexity index is 829. The second-order valence-electron chi connectivity index (χ2n) is 5.07. The molecule has 0 radical (unpaired) electrons. The third-order valence-corrected chi connectivity index (χ3v) is 3.38. The van der Waals surface area contributed by atoms with Gasteiger partial charge >= 0.3 is 0 Å². The van der Waals surface area contributed by atoms with Crippen molar-refractivity contribution in [2.24, 2.45) is 0 Å². The molecule has 0 saturated carbocycles. The molecule has 0 saturated heterocycles. The topological polar surface area (TPSA) is 115 Å². The summed E-state index contributed by atoms with van der Waals surface area (Å²) in [5, 5.41) is 34.4. The summed E-state index contributed by atoms with van der Waals surface area (Å²) in [6.07, 6.45) is 2.77. The highest BCUT2D eigenvalue weighted by Crippen LogP contribution is 2.24. The third-order valence-electron chi connectivity index (χ3n) is 3.07. The molecule has 2 rings (SSSR count). The minimum atomic E-state index is -1.77. The van der Waals surface area contributed by atoms with Crippen molar-refractivity contribution in [2.75, 3.05) is 5.32 Å². The molecule has 8 heteroatoms. The number of benzene rings is 1. The van der Waals surface area contributed by atoms with Gasteiger partial charge in [0.15, 0.2) is 5.60 Å². The van der Waals surface area contributed by atoms with Gasteiger partial charge in [0.2, 0.25) is 0 Å². The zero-order valence-corrected chi connectivity index (χ0v) is 12.9. The van der Waals surface area contributed by atoms with Crippen molar-refractivity contribution >= 4 is 23.2 Å². The summed E-state index contributed by atoms with van der Waals surface area (Å²) in [6.45, 7) is 1.20. The second kappa shape index (κ2) is 6.49. The lowest BCUT2D eigenvalue weighted by Crippen LogP contribution is -2.43. The van der Waals surface area contributed by atoms with Crippen molar-refractivity contribution in [2.45, 2.75) is 19.1 Å². The quantitative estimate of drug-likeness (QED) is 0.885. The average molecular weight is 330 g/mol. The number of aliphatic hydroxyl groups is 1. The molecular weight excluding hydrogens is 318 g/mol. The molecular formula is C15H12ClN5O2. The first kappa shape index (κ1) is 16.5. The van der Waals surface area contributed by atoms with Crippen LogP contribution in [-0.2, 0) is 11.3 Å². The van der Waals surface area contributed by atoms with Crippen LogP contribution in [0, 0.1) is 22.7 Å². The van der Waals surface area contributed by atoms with E-state index in [2.05, 4.69) is 10.4 Å². The van der Waals surface area contributed by atoms with Gasteiger partial charge in [0.1, 0.15) is 6.07 Å². The van der Waals surface area contributed by atoms with Crippen LogP contribution in [0.4, 0.5) is 5.69 Å². The first-order valence-electron chi connectivity index (χ1n) is 6.52. The van der Waals surface area contributed by atoms with Crippen LogP contribution in [0.5, 0.6) is 0 Å². The Labute approximate surface area is 137 Å². The van der Waals surface area contributed by atoms with E-state index in [0.717, 1.165) is 0 Å². The van der Waals surface area contributed by atoms with E-state index in [9.17, 15) is 9.90 Å². The van der Waals surface area contributed by atoms with Gasteiger partial charge < -0.3 is 10.4 Å². The third kappa shape index (κ3) is 3.86. The number of aromatic nitrogens is 2. The van der Waals surface area contributed by atoms with Gasteiger partial charge in [-0.25, -0.2) is 0 Å². The lowest BCUT2D eigenvalue weighted by molar-refractivity contribution is -0.133. The predicted octanol–water partition coefficient (Wildman–Crippen LogP) is 1.67. The molecule has 1 aromatic heterocycles. The first-order chi connectivity index (χ1) is 10.9. The molecule has 0 aliphatic heterocycles. The molecule has 1 amide bonds. The zero-order valence-electron chi connectivity index (χ0n) is 12.1. The zero-order chi connectivity index (χ0) is 17.0. The van der Waals surface area contributed by atoms with Crippen LogP contribution < -0.4 is 5.32 Å². The number of nitriles is 2. The SMILES string of the molecule is CC(O)(Cn1cc(C#N)cn1)C(=O)Nc1ccc(C#N)cc1Cl. The molecule has 0 aliphatic rings. The van der Waals surface area contributed by atoms with E-state index in [-0.39, 0.29) is 17.3 Å². The molecule has 7 nitrogen and oxygen atoms in total. The number of nitrogens with zero attached hydrogens (tertiary/aromatic N) is 4. The molecule has 0 bridgehead atoms. The van der Waals surface area contributed by atoms with Crippen LogP contribution in [0.2, 0.25) is 5.02 Å². The van der Waals surface area contributed by atoms with Gasteiger partial charge in [-0.1, -0.05) is 11.6 Å². The van der Waals surface area contributed by atoms with Gasteiger partial charge in [0, 0.05) is 6.20 Å². The standard InChI is InChI=1S/C15H12ClN5O2/c1-15(23,9-21-8-11(6-18)7-19-21)14(22)20-13-3-2-10(5-17)4-12(13)16/h2-4,7-8,23H,9H2,1H3,(H,20,22). The molecule has 1 unspecified atom stereocenters. The van der Waals surface area contributed by atoms with Crippen molar-refractivity contribution in [3.63, 3.8) is 0 Å². The monoisotopic (exact) mass is 329 g/mol. The summed E-state index contributed by atoms with van der Waals surface area (Å²) in [7, 11) is 0. The highest BCUT2D eigenvalue weighted by Gasteiger charge is 2.31. The maximum atomic E-state index is 12.2. The summed E-state index contributed by atoms with van der Waals surface area (Å²) >= 11 is 5.98.